The minimum absolute atomic E-state index is 0.0733. The molecule has 2 atom stereocenters. The molecular weight excluding hydrogens is 272 g/mol. The molecule has 0 spiro atoms. The van der Waals surface area contributed by atoms with E-state index in [2.05, 4.69) is 6.92 Å². The molecule has 2 nitrogen and oxygen atoms in total. The standard InChI is InChI=1S/C20H36O2/c1-2-3-4-5-9-16-20(21)22-19-15-11-10-14-18(19)17-12-7-6-8-13-17/h17-19H,2-16H2,1H3/t18-,19+/m0/s1. The van der Waals surface area contributed by atoms with Gasteiger partial charge in [-0.2, -0.15) is 0 Å². The number of hydrogen-bond donors (Lipinski definition) is 0. The van der Waals surface area contributed by atoms with Gasteiger partial charge < -0.3 is 4.74 Å². The van der Waals surface area contributed by atoms with Crippen LogP contribution in [0.15, 0.2) is 0 Å². The molecule has 2 aliphatic carbocycles. The first-order valence-corrected chi connectivity index (χ1v) is 10.0. The quantitative estimate of drug-likeness (QED) is 0.404. The van der Waals surface area contributed by atoms with Crippen LogP contribution in [-0.2, 0) is 9.53 Å². The summed E-state index contributed by atoms with van der Waals surface area (Å²) in [6.45, 7) is 2.22. The van der Waals surface area contributed by atoms with E-state index in [1.54, 1.807) is 0 Å². The summed E-state index contributed by atoms with van der Waals surface area (Å²) in [5.41, 5.74) is 0. The summed E-state index contributed by atoms with van der Waals surface area (Å²) in [4.78, 5) is 12.2. The lowest BCUT2D eigenvalue weighted by atomic mass is 9.72. The monoisotopic (exact) mass is 308 g/mol. The topological polar surface area (TPSA) is 26.3 Å². The van der Waals surface area contributed by atoms with E-state index >= 15 is 0 Å². The Bertz CT molecular complexity index is 307. The molecule has 0 amide bonds. The maximum absolute atomic E-state index is 12.2. The van der Waals surface area contributed by atoms with Crippen molar-refractivity contribution in [1.29, 1.82) is 0 Å². The number of rotatable bonds is 8. The Kier molecular flexibility index (Phi) is 8.33. The molecule has 0 N–H and O–H groups in total. The van der Waals surface area contributed by atoms with E-state index in [1.165, 1.54) is 77.0 Å². The van der Waals surface area contributed by atoms with Crippen molar-refractivity contribution in [3.05, 3.63) is 0 Å². The lowest BCUT2D eigenvalue weighted by Crippen LogP contribution is -2.35. The maximum atomic E-state index is 12.2. The van der Waals surface area contributed by atoms with Gasteiger partial charge in [0.25, 0.3) is 0 Å². The Morgan fingerprint density at radius 2 is 1.55 bits per heavy atom. The second-order valence-electron chi connectivity index (χ2n) is 7.54. The van der Waals surface area contributed by atoms with Crippen molar-refractivity contribution in [3.8, 4) is 0 Å². The van der Waals surface area contributed by atoms with Crippen LogP contribution in [0.4, 0.5) is 0 Å². The number of esters is 1. The fourth-order valence-corrected chi connectivity index (χ4v) is 4.47. The predicted molar refractivity (Wildman–Crippen MR) is 91.8 cm³/mol. The molecule has 2 heteroatoms. The largest absolute Gasteiger partial charge is 0.462 e. The summed E-state index contributed by atoms with van der Waals surface area (Å²) in [6.07, 6.45) is 18.8. The molecule has 0 aromatic rings. The van der Waals surface area contributed by atoms with Crippen LogP contribution in [0.5, 0.6) is 0 Å². The third-order valence-electron chi connectivity index (χ3n) is 5.78. The lowest BCUT2D eigenvalue weighted by Gasteiger charge is -2.38. The molecule has 0 radical (unpaired) electrons. The average molecular weight is 309 g/mol. The fourth-order valence-electron chi connectivity index (χ4n) is 4.47. The fraction of sp³-hybridized carbons (Fsp3) is 0.950. The molecule has 22 heavy (non-hydrogen) atoms. The van der Waals surface area contributed by atoms with Crippen LogP contribution in [0.25, 0.3) is 0 Å². The van der Waals surface area contributed by atoms with E-state index in [0.717, 1.165) is 18.8 Å². The molecule has 0 bridgehead atoms. The molecule has 2 saturated carbocycles. The van der Waals surface area contributed by atoms with Crippen molar-refractivity contribution >= 4 is 5.97 Å². The van der Waals surface area contributed by atoms with E-state index in [9.17, 15) is 4.79 Å². The molecule has 0 unspecified atom stereocenters. The lowest BCUT2D eigenvalue weighted by molar-refractivity contribution is -0.155. The SMILES string of the molecule is CCCCCCCC(=O)O[C@@H]1CCCC[C@H]1C1CCCCC1. The van der Waals surface area contributed by atoms with Gasteiger partial charge in [0, 0.05) is 6.42 Å². The molecule has 2 aliphatic rings. The molecule has 0 heterocycles. The molecule has 2 rings (SSSR count). The van der Waals surface area contributed by atoms with Crippen molar-refractivity contribution in [1.82, 2.24) is 0 Å². The van der Waals surface area contributed by atoms with Gasteiger partial charge in [0.1, 0.15) is 6.10 Å². The summed E-state index contributed by atoms with van der Waals surface area (Å²) < 4.78 is 5.92. The van der Waals surface area contributed by atoms with Crippen LogP contribution < -0.4 is 0 Å². The van der Waals surface area contributed by atoms with Crippen LogP contribution in [0, 0.1) is 11.8 Å². The summed E-state index contributed by atoms with van der Waals surface area (Å²) in [5, 5.41) is 0. The van der Waals surface area contributed by atoms with Crippen LogP contribution in [0.2, 0.25) is 0 Å². The predicted octanol–water partition coefficient (Wildman–Crippen LogP) is 6.03. The smallest absolute Gasteiger partial charge is 0.306 e. The van der Waals surface area contributed by atoms with E-state index in [1.807, 2.05) is 0 Å². The van der Waals surface area contributed by atoms with Crippen LogP contribution in [0.1, 0.15) is 103 Å². The summed E-state index contributed by atoms with van der Waals surface area (Å²) in [5.74, 6) is 1.57. The Hall–Kier alpha value is -0.530. The highest BCUT2D eigenvalue weighted by atomic mass is 16.5. The summed E-state index contributed by atoms with van der Waals surface area (Å²) in [7, 11) is 0. The van der Waals surface area contributed by atoms with E-state index in [-0.39, 0.29) is 12.1 Å². The second-order valence-corrected chi connectivity index (χ2v) is 7.54. The molecule has 0 aliphatic heterocycles. The van der Waals surface area contributed by atoms with Gasteiger partial charge in [-0.15, -0.1) is 0 Å². The summed E-state index contributed by atoms with van der Waals surface area (Å²) in [6, 6.07) is 0. The first-order chi connectivity index (χ1) is 10.8. The van der Waals surface area contributed by atoms with Gasteiger partial charge in [-0.1, -0.05) is 71.1 Å². The van der Waals surface area contributed by atoms with Gasteiger partial charge in [0.05, 0.1) is 0 Å². The van der Waals surface area contributed by atoms with E-state index < -0.39 is 0 Å². The van der Waals surface area contributed by atoms with Crippen molar-refractivity contribution < 1.29 is 9.53 Å². The van der Waals surface area contributed by atoms with Crippen LogP contribution in [-0.4, -0.2) is 12.1 Å². The molecule has 2 fully saturated rings. The van der Waals surface area contributed by atoms with Crippen LogP contribution in [0.3, 0.4) is 0 Å². The Morgan fingerprint density at radius 1 is 0.864 bits per heavy atom. The van der Waals surface area contributed by atoms with Gasteiger partial charge in [-0.05, 0) is 37.5 Å². The van der Waals surface area contributed by atoms with Crippen LogP contribution >= 0.6 is 0 Å². The molecule has 0 saturated heterocycles. The molecular formula is C20H36O2. The first-order valence-electron chi connectivity index (χ1n) is 10.0. The van der Waals surface area contributed by atoms with Crippen molar-refractivity contribution in [2.75, 3.05) is 0 Å². The van der Waals surface area contributed by atoms with E-state index in [0.29, 0.717) is 12.3 Å². The first kappa shape index (κ1) is 17.8. The minimum Gasteiger partial charge on any atom is -0.462 e. The Labute approximate surface area is 137 Å². The van der Waals surface area contributed by atoms with Gasteiger partial charge in [0.2, 0.25) is 0 Å². The third-order valence-corrected chi connectivity index (χ3v) is 5.78. The van der Waals surface area contributed by atoms with Gasteiger partial charge >= 0.3 is 5.97 Å². The van der Waals surface area contributed by atoms with Crippen molar-refractivity contribution in [2.24, 2.45) is 11.8 Å². The Morgan fingerprint density at radius 3 is 2.32 bits per heavy atom. The third kappa shape index (κ3) is 5.93. The zero-order valence-electron chi connectivity index (χ0n) is 14.7. The normalized spacial score (nSPS) is 26.8. The number of carbonyl (C=O) groups excluding carboxylic acids is 1. The minimum atomic E-state index is 0.0733. The van der Waals surface area contributed by atoms with Gasteiger partial charge in [-0.25, -0.2) is 0 Å². The van der Waals surface area contributed by atoms with Gasteiger partial charge in [0.15, 0.2) is 0 Å². The molecule has 128 valence electrons. The number of hydrogen-bond acceptors (Lipinski definition) is 2. The maximum Gasteiger partial charge on any atom is 0.306 e. The van der Waals surface area contributed by atoms with E-state index in [4.69, 9.17) is 4.74 Å². The molecule has 0 aromatic carbocycles. The van der Waals surface area contributed by atoms with Crippen molar-refractivity contribution in [3.63, 3.8) is 0 Å². The second kappa shape index (κ2) is 10.3. The van der Waals surface area contributed by atoms with Crippen molar-refractivity contribution in [2.45, 2.75) is 109 Å². The zero-order chi connectivity index (χ0) is 15.6. The van der Waals surface area contributed by atoms with Gasteiger partial charge in [-0.3, -0.25) is 4.79 Å². The number of carbonyl (C=O) groups is 1. The number of ether oxygens (including phenoxy) is 1. The molecule has 0 aromatic heterocycles. The highest BCUT2D eigenvalue weighted by Crippen LogP contribution is 2.39. The Balaban J connectivity index is 1.72. The highest BCUT2D eigenvalue weighted by molar-refractivity contribution is 5.69. The number of unbranched alkanes of at least 4 members (excludes halogenated alkanes) is 4. The highest BCUT2D eigenvalue weighted by Gasteiger charge is 2.34. The summed E-state index contributed by atoms with van der Waals surface area (Å²) >= 11 is 0. The average Bonchev–Trinajstić information content (AvgIpc) is 2.56. The zero-order valence-corrected chi connectivity index (χ0v) is 14.7.